The van der Waals surface area contributed by atoms with E-state index in [4.69, 9.17) is 0 Å². The quantitative estimate of drug-likeness (QED) is 0.792. The van der Waals surface area contributed by atoms with Gasteiger partial charge in [0.1, 0.15) is 11.6 Å². The van der Waals surface area contributed by atoms with Crippen LogP contribution in [0, 0.1) is 11.8 Å². The number of likely N-dealkylation sites (tertiary alicyclic amines) is 1. The van der Waals surface area contributed by atoms with Gasteiger partial charge in [0.05, 0.1) is 13.1 Å². The van der Waals surface area contributed by atoms with E-state index in [1.165, 1.54) is 25.0 Å². The standard InChI is InChI=1S/C18H27N5O3/c1-11-6-12(2)8-22(7-11)10-14-19-16-15(23(14)9-13(3)24)17(25)21(5)18(26)20(16)4/h11-12H,6-10H2,1-5H3. The zero-order valence-corrected chi connectivity index (χ0v) is 16.2. The van der Waals surface area contributed by atoms with E-state index in [1.54, 1.807) is 11.6 Å². The summed E-state index contributed by atoms with van der Waals surface area (Å²) in [7, 11) is 3.05. The van der Waals surface area contributed by atoms with Crippen LogP contribution < -0.4 is 11.2 Å². The van der Waals surface area contributed by atoms with Crippen LogP contribution in [-0.4, -0.2) is 42.5 Å². The first-order chi connectivity index (χ1) is 12.2. The lowest BCUT2D eigenvalue weighted by atomic mass is 9.92. The molecule has 0 bridgehead atoms. The number of nitrogens with zero attached hydrogens (tertiary/aromatic N) is 5. The van der Waals surface area contributed by atoms with Crippen LogP contribution >= 0.6 is 0 Å². The third kappa shape index (κ3) is 3.25. The lowest BCUT2D eigenvalue weighted by Gasteiger charge is -2.34. The first kappa shape index (κ1) is 18.6. The molecular formula is C18H27N5O3. The van der Waals surface area contributed by atoms with Gasteiger partial charge in [-0.05, 0) is 25.2 Å². The van der Waals surface area contributed by atoms with Gasteiger partial charge in [0, 0.05) is 27.2 Å². The number of aromatic nitrogens is 4. The van der Waals surface area contributed by atoms with Crippen molar-refractivity contribution >= 4 is 16.9 Å². The van der Waals surface area contributed by atoms with Gasteiger partial charge in [-0.25, -0.2) is 9.78 Å². The Bertz CT molecular complexity index is 958. The molecule has 1 fully saturated rings. The second-order valence-electron chi connectivity index (χ2n) is 7.83. The molecule has 0 aromatic carbocycles. The van der Waals surface area contributed by atoms with Gasteiger partial charge >= 0.3 is 5.69 Å². The molecule has 1 saturated heterocycles. The molecule has 0 spiro atoms. The highest BCUT2D eigenvalue weighted by atomic mass is 16.2. The number of rotatable bonds is 4. The Morgan fingerprint density at radius 2 is 1.73 bits per heavy atom. The monoisotopic (exact) mass is 361 g/mol. The number of carbonyl (C=O) groups excluding carboxylic acids is 1. The smallest absolute Gasteiger partial charge is 0.314 e. The third-order valence-electron chi connectivity index (χ3n) is 5.12. The summed E-state index contributed by atoms with van der Waals surface area (Å²) in [6, 6.07) is 0. The summed E-state index contributed by atoms with van der Waals surface area (Å²) in [5.41, 5.74) is -0.171. The zero-order valence-electron chi connectivity index (χ0n) is 16.2. The van der Waals surface area contributed by atoms with Gasteiger partial charge in [-0.2, -0.15) is 0 Å². The second-order valence-corrected chi connectivity index (χ2v) is 7.83. The van der Waals surface area contributed by atoms with E-state index in [2.05, 4.69) is 23.7 Å². The van der Waals surface area contributed by atoms with Crippen LogP contribution in [0.25, 0.3) is 11.2 Å². The van der Waals surface area contributed by atoms with E-state index in [1.807, 2.05) is 0 Å². The summed E-state index contributed by atoms with van der Waals surface area (Å²) in [6.07, 6.45) is 1.20. The van der Waals surface area contributed by atoms with Crippen molar-refractivity contribution in [3.8, 4) is 0 Å². The normalized spacial score (nSPS) is 21.4. The summed E-state index contributed by atoms with van der Waals surface area (Å²) < 4.78 is 4.12. The number of piperidine rings is 1. The average Bonchev–Trinajstić information content (AvgIpc) is 2.88. The van der Waals surface area contributed by atoms with Gasteiger partial charge in [-0.3, -0.25) is 23.6 Å². The largest absolute Gasteiger partial charge is 0.332 e. The highest BCUT2D eigenvalue weighted by Gasteiger charge is 2.25. The van der Waals surface area contributed by atoms with Crippen LogP contribution in [0.4, 0.5) is 0 Å². The Balaban J connectivity index is 2.14. The lowest BCUT2D eigenvalue weighted by molar-refractivity contribution is -0.117. The predicted octanol–water partition coefficient (Wildman–Crippen LogP) is 0.501. The molecule has 8 heteroatoms. The number of imidazole rings is 1. The molecule has 0 N–H and O–H groups in total. The number of carbonyl (C=O) groups is 1. The zero-order chi connectivity index (χ0) is 19.2. The van der Waals surface area contributed by atoms with E-state index < -0.39 is 11.2 Å². The fraction of sp³-hybridized carbons (Fsp3) is 0.667. The molecule has 0 radical (unpaired) electrons. The molecule has 1 aliphatic rings. The molecule has 142 valence electrons. The Labute approximate surface area is 152 Å². The molecule has 8 nitrogen and oxygen atoms in total. The number of ketones is 1. The summed E-state index contributed by atoms with van der Waals surface area (Å²) in [5.74, 6) is 1.81. The van der Waals surface area contributed by atoms with Crippen molar-refractivity contribution in [1.82, 2.24) is 23.6 Å². The summed E-state index contributed by atoms with van der Waals surface area (Å²) in [6.45, 7) is 8.54. The van der Waals surface area contributed by atoms with E-state index in [9.17, 15) is 14.4 Å². The van der Waals surface area contributed by atoms with E-state index in [0.29, 0.717) is 35.4 Å². The highest BCUT2D eigenvalue weighted by Crippen LogP contribution is 2.23. The fourth-order valence-electron chi connectivity index (χ4n) is 4.13. The topological polar surface area (TPSA) is 82.1 Å². The average molecular weight is 361 g/mol. The summed E-state index contributed by atoms with van der Waals surface area (Å²) in [5, 5.41) is 0. The molecule has 0 amide bonds. The molecule has 1 aliphatic heterocycles. The minimum absolute atomic E-state index is 0.0539. The van der Waals surface area contributed by atoms with Gasteiger partial charge in [0.15, 0.2) is 11.2 Å². The number of Topliss-reactive ketones (excluding diaryl/α,β-unsaturated/α-hetero) is 1. The number of fused-ring (bicyclic) bond motifs is 1. The van der Waals surface area contributed by atoms with Crippen molar-refractivity contribution < 1.29 is 4.79 Å². The molecular weight excluding hydrogens is 334 g/mol. The fourth-order valence-corrected chi connectivity index (χ4v) is 4.13. The Hall–Kier alpha value is -2.22. The van der Waals surface area contributed by atoms with Crippen molar-refractivity contribution in [1.29, 1.82) is 0 Å². The van der Waals surface area contributed by atoms with Crippen LogP contribution in [-0.2, 0) is 32.0 Å². The minimum Gasteiger partial charge on any atom is -0.314 e. The van der Waals surface area contributed by atoms with Crippen LogP contribution in [0.15, 0.2) is 9.59 Å². The molecule has 2 unspecified atom stereocenters. The van der Waals surface area contributed by atoms with E-state index in [-0.39, 0.29) is 12.3 Å². The van der Waals surface area contributed by atoms with Crippen LogP contribution in [0.1, 0.15) is 33.0 Å². The van der Waals surface area contributed by atoms with Crippen molar-refractivity contribution in [2.45, 2.75) is 40.3 Å². The maximum Gasteiger partial charge on any atom is 0.332 e. The lowest BCUT2D eigenvalue weighted by Crippen LogP contribution is -2.39. The molecule has 0 saturated carbocycles. The Morgan fingerprint density at radius 1 is 1.12 bits per heavy atom. The Morgan fingerprint density at radius 3 is 2.31 bits per heavy atom. The first-order valence-electron chi connectivity index (χ1n) is 9.06. The maximum atomic E-state index is 12.7. The van der Waals surface area contributed by atoms with E-state index in [0.717, 1.165) is 17.7 Å². The molecule has 2 atom stereocenters. The number of hydrogen-bond acceptors (Lipinski definition) is 5. The maximum absolute atomic E-state index is 12.7. The van der Waals surface area contributed by atoms with Crippen LogP contribution in [0.5, 0.6) is 0 Å². The summed E-state index contributed by atoms with van der Waals surface area (Å²) in [4.78, 5) is 43.6. The predicted molar refractivity (Wildman–Crippen MR) is 99.1 cm³/mol. The molecule has 3 rings (SSSR count). The van der Waals surface area contributed by atoms with Crippen molar-refractivity contribution in [2.75, 3.05) is 13.1 Å². The third-order valence-corrected chi connectivity index (χ3v) is 5.12. The van der Waals surface area contributed by atoms with Gasteiger partial charge < -0.3 is 4.57 Å². The molecule has 2 aromatic heterocycles. The van der Waals surface area contributed by atoms with E-state index >= 15 is 0 Å². The van der Waals surface area contributed by atoms with Crippen LogP contribution in [0.3, 0.4) is 0 Å². The minimum atomic E-state index is -0.415. The van der Waals surface area contributed by atoms with Gasteiger partial charge in [-0.1, -0.05) is 13.8 Å². The SMILES string of the molecule is CC(=O)Cn1c(CN2CC(C)CC(C)C2)nc2c1c(=O)n(C)c(=O)n2C. The molecule has 3 heterocycles. The number of hydrogen-bond donors (Lipinski definition) is 0. The second kappa shape index (κ2) is 6.83. The molecule has 2 aromatic rings. The first-order valence-corrected chi connectivity index (χ1v) is 9.06. The summed E-state index contributed by atoms with van der Waals surface area (Å²) >= 11 is 0. The van der Waals surface area contributed by atoms with Gasteiger partial charge in [0.2, 0.25) is 0 Å². The molecule has 26 heavy (non-hydrogen) atoms. The van der Waals surface area contributed by atoms with Crippen molar-refractivity contribution in [3.63, 3.8) is 0 Å². The Kier molecular flexibility index (Phi) is 4.88. The van der Waals surface area contributed by atoms with Crippen molar-refractivity contribution in [3.05, 3.63) is 26.7 Å². The number of aryl methyl sites for hydroxylation is 1. The van der Waals surface area contributed by atoms with Gasteiger partial charge in [-0.15, -0.1) is 0 Å². The molecule has 0 aliphatic carbocycles. The van der Waals surface area contributed by atoms with Crippen molar-refractivity contribution in [2.24, 2.45) is 25.9 Å². The van der Waals surface area contributed by atoms with Crippen LogP contribution in [0.2, 0.25) is 0 Å². The highest BCUT2D eigenvalue weighted by molar-refractivity contribution is 5.79. The van der Waals surface area contributed by atoms with Gasteiger partial charge in [0.25, 0.3) is 5.56 Å².